The molecule has 0 aliphatic heterocycles. The van der Waals surface area contributed by atoms with Crippen molar-refractivity contribution in [2.24, 2.45) is 5.92 Å². The van der Waals surface area contributed by atoms with Gasteiger partial charge in [-0.1, -0.05) is 38.8 Å². The Labute approximate surface area is 120 Å². The third-order valence-corrected chi connectivity index (χ3v) is 4.62. The third kappa shape index (κ3) is 3.59. The van der Waals surface area contributed by atoms with Crippen LogP contribution in [0.5, 0.6) is 0 Å². The molecule has 20 heavy (non-hydrogen) atoms. The Kier molecular flexibility index (Phi) is 4.79. The monoisotopic (exact) mass is 277 g/mol. The van der Waals surface area contributed by atoms with Crippen LogP contribution in [0.4, 0.5) is 4.39 Å². The Bertz CT molecular complexity index is 470. The topological polar surface area (TPSA) is 29.1 Å². The van der Waals surface area contributed by atoms with E-state index < -0.39 is 0 Å². The Morgan fingerprint density at radius 1 is 1.45 bits per heavy atom. The van der Waals surface area contributed by atoms with Gasteiger partial charge in [0.2, 0.25) is 6.41 Å². The Morgan fingerprint density at radius 2 is 2.20 bits per heavy atom. The number of nitrogens with one attached hydrogen (secondary N) is 1. The van der Waals surface area contributed by atoms with Gasteiger partial charge in [0.25, 0.3) is 0 Å². The molecule has 1 aromatic carbocycles. The molecule has 1 saturated carbocycles. The quantitative estimate of drug-likeness (QED) is 0.723. The van der Waals surface area contributed by atoms with E-state index in [-0.39, 0.29) is 11.2 Å². The highest BCUT2D eigenvalue weighted by Gasteiger charge is 2.26. The summed E-state index contributed by atoms with van der Waals surface area (Å²) in [6.07, 6.45) is 6.16. The highest BCUT2D eigenvalue weighted by molar-refractivity contribution is 5.46. The van der Waals surface area contributed by atoms with Crippen molar-refractivity contribution in [2.75, 3.05) is 6.54 Å². The van der Waals surface area contributed by atoms with Gasteiger partial charge >= 0.3 is 0 Å². The molecule has 110 valence electrons. The van der Waals surface area contributed by atoms with Gasteiger partial charge in [-0.05, 0) is 42.4 Å². The molecule has 1 N–H and O–H groups in total. The minimum atomic E-state index is -0.136. The van der Waals surface area contributed by atoms with Crippen LogP contribution in [0.1, 0.15) is 50.7 Å². The van der Waals surface area contributed by atoms with Gasteiger partial charge in [-0.2, -0.15) is 0 Å². The van der Waals surface area contributed by atoms with Crippen LogP contribution >= 0.6 is 0 Å². The molecule has 1 atom stereocenters. The fraction of sp³-hybridized carbons (Fsp3) is 0.588. The first-order valence-corrected chi connectivity index (χ1v) is 7.55. The molecule has 3 heteroatoms. The zero-order valence-corrected chi connectivity index (χ0v) is 12.4. The van der Waals surface area contributed by atoms with Gasteiger partial charge in [0.15, 0.2) is 0 Å². The summed E-state index contributed by atoms with van der Waals surface area (Å²) in [6, 6.07) is 5.42. The van der Waals surface area contributed by atoms with Crippen molar-refractivity contribution in [2.45, 2.75) is 51.4 Å². The van der Waals surface area contributed by atoms with Crippen LogP contribution in [-0.2, 0) is 16.6 Å². The first kappa shape index (κ1) is 15.0. The number of benzene rings is 1. The van der Waals surface area contributed by atoms with E-state index in [1.165, 1.54) is 12.8 Å². The van der Waals surface area contributed by atoms with Crippen LogP contribution in [0, 0.1) is 11.7 Å². The van der Waals surface area contributed by atoms with Crippen LogP contribution in [0.25, 0.3) is 0 Å². The zero-order valence-electron chi connectivity index (χ0n) is 12.4. The number of carbonyl (C=O) groups excluding carboxylic acids is 1. The van der Waals surface area contributed by atoms with Gasteiger partial charge in [0.05, 0.1) is 0 Å². The molecule has 1 amide bonds. The molecule has 0 unspecified atom stereocenters. The van der Waals surface area contributed by atoms with Gasteiger partial charge in [-0.15, -0.1) is 0 Å². The van der Waals surface area contributed by atoms with Crippen molar-refractivity contribution in [3.05, 3.63) is 35.1 Å². The molecule has 2 nitrogen and oxygen atoms in total. The SMILES string of the molecule is CC[C@@](C)(CNC=O)c1ccc(F)c(CCC2CC2)c1. The highest BCUT2D eigenvalue weighted by Crippen LogP contribution is 2.34. The summed E-state index contributed by atoms with van der Waals surface area (Å²) in [5.41, 5.74) is 1.80. The van der Waals surface area contributed by atoms with Crippen molar-refractivity contribution in [1.82, 2.24) is 5.32 Å². The first-order chi connectivity index (χ1) is 9.59. The summed E-state index contributed by atoms with van der Waals surface area (Å²) in [5.74, 6) is 0.712. The molecule has 0 heterocycles. The van der Waals surface area contributed by atoms with E-state index in [1.807, 2.05) is 12.1 Å². The minimum Gasteiger partial charge on any atom is -0.358 e. The summed E-state index contributed by atoms with van der Waals surface area (Å²) < 4.78 is 13.9. The Balaban J connectivity index is 2.16. The normalized spacial score (nSPS) is 17.6. The number of halogens is 1. The lowest BCUT2D eigenvalue weighted by atomic mass is 9.79. The maximum absolute atomic E-state index is 13.9. The van der Waals surface area contributed by atoms with E-state index in [0.717, 1.165) is 42.7 Å². The lowest BCUT2D eigenvalue weighted by molar-refractivity contribution is -0.109. The second-order valence-corrected chi connectivity index (χ2v) is 6.20. The van der Waals surface area contributed by atoms with Crippen molar-refractivity contribution in [1.29, 1.82) is 0 Å². The molecule has 1 aromatic rings. The third-order valence-electron chi connectivity index (χ3n) is 4.62. The van der Waals surface area contributed by atoms with E-state index in [2.05, 4.69) is 19.2 Å². The van der Waals surface area contributed by atoms with Gasteiger partial charge in [0, 0.05) is 12.0 Å². The molecule has 1 aliphatic carbocycles. The number of hydrogen-bond donors (Lipinski definition) is 1. The smallest absolute Gasteiger partial charge is 0.207 e. The number of carbonyl (C=O) groups is 1. The second-order valence-electron chi connectivity index (χ2n) is 6.20. The van der Waals surface area contributed by atoms with Crippen LogP contribution < -0.4 is 5.32 Å². The average molecular weight is 277 g/mol. The average Bonchev–Trinajstić information content (AvgIpc) is 3.28. The molecule has 0 aromatic heterocycles. The Hall–Kier alpha value is -1.38. The van der Waals surface area contributed by atoms with Gasteiger partial charge in [0.1, 0.15) is 5.82 Å². The van der Waals surface area contributed by atoms with Gasteiger partial charge in [-0.25, -0.2) is 4.39 Å². The van der Waals surface area contributed by atoms with E-state index >= 15 is 0 Å². The van der Waals surface area contributed by atoms with E-state index in [0.29, 0.717) is 6.54 Å². The summed E-state index contributed by atoms with van der Waals surface area (Å²) in [5, 5.41) is 2.76. The fourth-order valence-electron chi connectivity index (χ4n) is 2.61. The van der Waals surface area contributed by atoms with Crippen molar-refractivity contribution >= 4 is 6.41 Å². The van der Waals surface area contributed by atoms with Crippen LogP contribution in [0.3, 0.4) is 0 Å². The van der Waals surface area contributed by atoms with Gasteiger partial charge < -0.3 is 5.32 Å². The molecule has 1 fully saturated rings. The zero-order chi connectivity index (χ0) is 14.6. The second kappa shape index (κ2) is 6.38. The van der Waals surface area contributed by atoms with Gasteiger partial charge in [-0.3, -0.25) is 4.79 Å². The predicted molar refractivity (Wildman–Crippen MR) is 79.2 cm³/mol. The predicted octanol–water partition coefficient (Wildman–Crippen LogP) is 3.58. The highest BCUT2D eigenvalue weighted by atomic mass is 19.1. The largest absolute Gasteiger partial charge is 0.358 e. The summed E-state index contributed by atoms with van der Waals surface area (Å²) >= 11 is 0. The lowest BCUT2D eigenvalue weighted by Gasteiger charge is -2.29. The molecule has 0 radical (unpaired) electrons. The van der Waals surface area contributed by atoms with E-state index in [1.54, 1.807) is 6.07 Å². The van der Waals surface area contributed by atoms with Crippen molar-refractivity contribution in [3.63, 3.8) is 0 Å². The molecule has 2 rings (SSSR count). The first-order valence-electron chi connectivity index (χ1n) is 7.55. The summed E-state index contributed by atoms with van der Waals surface area (Å²) in [7, 11) is 0. The lowest BCUT2D eigenvalue weighted by Crippen LogP contribution is -2.34. The van der Waals surface area contributed by atoms with E-state index in [9.17, 15) is 9.18 Å². The maximum atomic E-state index is 13.9. The van der Waals surface area contributed by atoms with E-state index in [4.69, 9.17) is 0 Å². The number of hydrogen-bond acceptors (Lipinski definition) is 1. The molecule has 0 bridgehead atoms. The fourth-order valence-corrected chi connectivity index (χ4v) is 2.61. The number of aryl methyl sites for hydroxylation is 1. The molecular formula is C17H24FNO. The minimum absolute atomic E-state index is 0.101. The number of amides is 1. The van der Waals surface area contributed by atoms with Crippen molar-refractivity contribution in [3.8, 4) is 0 Å². The molecule has 1 aliphatic rings. The summed E-state index contributed by atoms with van der Waals surface area (Å²) in [6.45, 7) is 4.79. The molecule has 0 saturated heterocycles. The van der Waals surface area contributed by atoms with Crippen LogP contribution in [0.2, 0.25) is 0 Å². The maximum Gasteiger partial charge on any atom is 0.207 e. The molecule has 0 spiro atoms. The van der Waals surface area contributed by atoms with Crippen LogP contribution in [-0.4, -0.2) is 13.0 Å². The summed E-state index contributed by atoms with van der Waals surface area (Å²) in [4.78, 5) is 10.5. The number of rotatable bonds is 8. The van der Waals surface area contributed by atoms with Crippen molar-refractivity contribution < 1.29 is 9.18 Å². The van der Waals surface area contributed by atoms with Crippen LogP contribution in [0.15, 0.2) is 18.2 Å². The molecular weight excluding hydrogens is 253 g/mol. The standard InChI is InChI=1S/C17H24FNO/c1-3-17(2,11-19-12-20)15-8-9-16(18)14(10-15)7-6-13-4-5-13/h8-10,12-13H,3-7,11H2,1-2H3,(H,19,20)/t17-/m0/s1. The Morgan fingerprint density at radius 3 is 2.80 bits per heavy atom.